The molecule has 0 aliphatic rings. The summed E-state index contributed by atoms with van der Waals surface area (Å²) in [6.07, 6.45) is 1.92. The van der Waals surface area contributed by atoms with Gasteiger partial charge >= 0.3 is 5.96 Å². The second kappa shape index (κ2) is 18.8. The lowest BCUT2D eigenvalue weighted by Gasteiger charge is -2.43. The number of guanidine groups is 2. The van der Waals surface area contributed by atoms with Gasteiger partial charge in [0.15, 0.2) is 5.96 Å². The molecule has 0 bridgehead atoms. The van der Waals surface area contributed by atoms with Crippen LogP contribution >= 0.6 is 0 Å². The zero-order valence-electron chi connectivity index (χ0n) is 29.0. The molecule has 0 aliphatic carbocycles. The Labute approximate surface area is 244 Å². The van der Waals surface area contributed by atoms with Crippen molar-refractivity contribution in [3.05, 3.63) is 0 Å². The first kappa shape index (κ1) is 37.5. The van der Waals surface area contributed by atoms with E-state index in [0.717, 1.165) is 45.1 Å². The molecule has 0 radical (unpaired) electrons. The highest BCUT2D eigenvalue weighted by atomic mass is 16.5. The van der Waals surface area contributed by atoms with Crippen LogP contribution in [0.25, 0.3) is 0 Å². The summed E-state index contributed by atoms with van der Waals surface area (Å²) in [5.41, 5.74) is 0. The van der Waals surface area contributed by atoms with E-state index in [4.69, 9.17) is 9.73 Å². The van der Waals surface area contributed by atoms with Gasteiger partial charge in [0.05, 0.1) is 30.7 Å². The average molecular weight is 554 g/mol. The third-order valence-corrected chi connectivity index (χ3v) is 6.85. The maximum absolute atomic E-state index is 6.05. The van der Waals surface area contributed by atoms with Gasteiger partial charge in [-0.2, -0.15) is 0 Å². The Hall–Kier alpha value is -1.50. The zero-order valence-corrected chi connectivity index (χ0v) is 29.0. The summed E-state index contributed by atoms with van der Waals surface area (Å²) in [5, 5.41) is 3.79. The summed E-state index contributed by atoms with van der Waals surface area (Å²) in [6, 6.07) is 3.32. The maximum Gasteiger partial charge on any atom is 0.348 e. The van der Waals surface area contributed by atoms with Crippen molar-refractivity contribution in [1.29, 1.82) is 0 Å². The molecule has 0 saturated heterocycles. The number of aliphatic imine (C=N–C) groups is 1. The predicted molar refractivity (Wildman–Crippen MR) is 172 cm³/mol. The van der Waals surface area contributed by atoms with Crippen molar-refractivity contribution in [2.24, 2.45) is 4.99 Å². The van der Waals surface area contributed by atoms with E-state index in [1.54, 1.807) is 0 Å². The molecular formula is C32H69N6O+. The van der Waals surface area contributed by atoms with Gasteiger partial charge < -0.3 is 14.5 Å². The molecule has 0 spiro atoms. The molecule has 39 heavy (non-hydrogen) atoms. The van der Waals surface area contributed by atoms with Crippen LogP contribution in [0.1, 0.15) is 124 Å². The third-order valence-electron chi connectivity index (χ3n) is 6.85. The summed E-state index contributed by atoms with van der Waals surface area (Å²) in [7, 11) is 0. The van der Waals surface area contributed by atoms with Crippen molar-refractivity contribution in [3.8, 4) is 0 Å². The topological polar surface area (TPSA) is 46.4 Å². The van der Waals surface area contributed by atoms with Gasteiger partial charge in [-0.25, -0.2) is 0 Å². The quantitative estimate of drug-likeness (QED) is 0.106. The van der Waals surface area contributed by atoms with Crippen LogP contribution in [0.4, 0.5) is 0 Å². The first-order valence-electron chi connectivity index (χ1n) is 15.9. The van der Waals surface area contributed by atoms with Gasteiger partial charge in [-0.05, 0) is 117 Å². The van der Waals surface area contributed by atoms with E-state index in [9.17, 15) is 0 Å². The molecule has 0 aromatic heterocycles. The van der Waals surface area contributed by atoms with Crippen molar-refractivity contribution >= 4 is 11.9 Å². The fraction of sp³-hybridized carbons (Fsp3) is 0.938. The molecule has 0 atom stereocenters. The Kier molecular flexibility index (Phi) is 18.1. The van der Waals surface area contributed by atoms with Crippen LogP contribution in [0.5, 0.6) is 0 Å². The van der Waals surface area contributed by atoms with Gasteiger partial charge in [0.25, 0.3) is 0 Å². The lowest BCUT2D eigenvalue weighted by Crippen LogP contribution is -2.55. The minimum atomic E-state index is 0.402. The molecule has 232 valence electrons. The SMILES string of the molecule is CC(C)N(C(=NCCCOCCCNC(N(C(C)C)C(C)C)=[N+](C(C)C)C(C)C)N(C(C)C)C(C)C)C(C)C. The summed E-state index contributed by atoms with van der Waals surface area (Å²) in [4.78, 5) is 12.5. The molecule has 0 unspecified atom stereocenters. The van der Waals surface area contributed by atoms with Crippen molar-refractivity contribution < 1.29 is 9.31 Å². The number of ether oxygens (including phenoxy) is 1. The monoisotopic (exact) mass is 554 g/mol. The van der Waals surface area contributed by atoms with Gasteiger partial charge in [0, 0.05) is 50.3 Å². The second-order valence-electron chi connectivity index (χ2n) is 13.1. The van der Waals surface area contributed by atoms with Gasteiger partial charge in [-0.3, -0.25) is 19.8 Å². The Balaban J connectivity index is 5.14. The highest BCUT2D eigenvalue weighted by molar-refractivity contribution is 5.81. The number of nitrogens with zero attached hydrogens (tertiary/aromatic N) is 5. The first-order chi connectivity index (χ1) is 18.1. The molecule has 0 saturated carbocycles. The van der Waals surface area contributed by atoms with Gasteiger partial charge in [0.2, 0.25) is 0 Å². The molecule has 1 N–H and O–H groups in total. The fourth-order valence-corrected chi connectivity index (χ4v) is 5.72. The minimum absolute atomic E-state index is 0.402. The van der Waals surface area contributed by atoms with Crippen LogP contribution < -0.4 is 5.32 Å². The minimum Gasteiger partial charge on any atom is -0.381 e. The van der Waals surface area contributed by atoms with Crippen molar-refractivity contribution in [3.63, 3.8) is 0 Å². The first-order valence-corrected chi connectivity index (χ1v) is 15.9. The van der Waals surface area contributed by atoms with E-state index in [2.05, 4.69) is 135 Å². The molecule has 0 aliphatic heterocycles. The third kappa shape index (κ3) is 12.7. The lowest BCUT2D eigenvalue weighted by atomic mass is 10.2. The van der Waals surface area contributed by atoms with Crippen LogP contribution in [0.15, 0.2) is 4.99 Å². The molecule has 7 nitrogen and oxygen atoms in total. The number of hydrogen-bond acceptors (Lipinski definition) is 2. The van der Waals surface area contributed by atoms with Crippen LogP contribution in [0.2, 0.25) is 0 Å². The van der Waals surface area contributed by atoms with Crippen LogP contribution in [0, 0.1) is 0 Å². The molecule has 0 heterocycles. The Morgan fingerprint density at radius 2 is 0.974 bits per heavy atom. The molecular weight excluding hydrogens is 484 g/mol. The lowest BCUT2D eigenvalue weighted by molar-refractivity contribution is -0.594. The Bertz CT molecular complexity index is 653. The molecule has 7 heteroatoms. The molecule has 0 amide bonds. The largest absolute Gasteiger partial charge is 0.381 e. The Morgan fingerprint density at radius 1 is 0.590 bits per heavy atom. The normalized spacial score (nSPS) is 12.1. The summed E-state index contributed by atoms with van der Waals surface area (Å²) in [6.45, 7) is 39.5. The Morgan fingerprint density at radius 3 is 1.33 bits per heavy atom. The van der Waals surface area contributed by atoms with E-state index >= 15 is 0 Å². The van der Waals surface area contributed by atoms with Crippen molar-refractivity contribution in [1.82, 2.24) is 20.0 Å². The predicted octanol–water partition coefficient (Wildman–Crippen LogP) is 6.27. The molecule has 0 aromatic carbocycles. The average Bonchev–Trinajstić information content (AvgIpc) is 2.75. The van der Waals surface area contributed by atoms with E-state index in [1.807, 2.05) is 0 Å². The van der Waals surface area contributed by atoms with Crippen molar-refractivity contribution in [2.75, 3.05) is 26.3 Å². The summed E-state index contributed by atoms with van der Waals surface area (Å²) in [5.74, 6) is 2.36. The fourth-order valence-electron chi connectivity index (χ4n) is 5.72. The van der Waals surface area contributed by atoms with Crippen LogP contribution in [0.3, 0.4) is 0 Å². The zero-order chi connectivity index (χ0) is 30.4. The summed E-state index contributed by atoms with van der Waals surface area (Å²) >= 11 is 0. The van der Waals surface area contributed by atoms with Gasteiger partial charge in [-0.15, -0.1) is 0 Å². The molecule has 0 aromatic rings. The number of nitrogens with one attached hydrogen (secondary N) is 1. The maximum atomic E-state index is 6.05. The molecule has 0 fully saturated rings. The van der Waals surface area contributed by atoms with E-state index in [1.165, 1.54) is 5.96 Å². The van der Waals surface area contributed by atoms with E-state index in [-0.39, 0.29) is 0 Å². The van der Waals surface area contributed by atoms with Gasteiger partial charge in [0.1, 0.15) is 0 Å². The number of rotatable bonds is 16. The van der Waals surface area contributed by atoms with Gasteiger partial charge in [-0.1, -0.05) is 0 Å². The van der Waals surface area contributed by atoms with Crippen LogP contribution in [-0.4, -0.2) is 106 Å². The van der Waals surface area contributed by atoms with Crippen LogP contribution in [-0.2, 0) is 4.74 Å². The second-order valence-corrected chi connectivity index (χ2v) is 13.1. The van der Waals surface area contributed by atoms with E-state index in [0.29, 0.717) is 48.3 Å². The van der Waals surface area contributed by atoms with E-state index < -0.39 is 0 Å². The molecule has 0 rings (SSSR count). The van der Waals surface area contributed by atoms with Crippen molar-refractivity contribution in [2.45, 2.75) is 172 Å². The summed E-state index contributed by atoms with van der Waals surface area (Å²) < 4.78 is 8.55. The highest BCUT2D eigenvalue weighted by Gasteiger charge is 2.30. The number of hydrogen-bond donors (Lipinski definition) is 1. The standard InChI is InChI=1S/C32H68N6O/c1-23(2)35(24(3)4)31(36(25(5)6)26(7)8)33-19-17-21-39-22-18-20-34-32(37(27(9)10)28(11)12)38(29(13)14)30(15)16/h23-30H,17-22H2,1-16H3/p+1. The smallest absolute Gasteiger partial charge is 0.348 e. The highest BCUT2D eigenvalue weighted by Crippen LogP contribution is 2.16.